The maximum Gasteiger partial charge on any atom is 0.00157 e. The molecule has 0 amide bonds. The zero-order valence-corrected chi connectivity index (χ0v) is 9.32. The fourth-order valence-electron chi connectivity index (χ4n) is 4.30. The summed E-state index contributed by atoms with van der Waals surface area (Å²) < 4.78 is 0. The average molecular weight is 191 g/mol. The van der Waals surface area contributed by atoms with E-state index in [1.165, 1.54) is 19.5 Å². The van der Waals surface area contributed by atoms with E-state index in [1.54, 1.807) is 0 Å². The lowest BCUT2D eigenvalue weighted by molar-refractivity contribution is 0.158. The highest BCUT2D eigenvalue weighted by molar-refractivity contribution is 5.11. The van der Waals surface area contributed by atoms with Gasteiger partial charge in [-0.15, -0.1) is 6.58 Å². The number of allylic oxidation sites excluding steroid dienone is 1. The van der Waals surface area contributed by atoms with E-state index in [1.807, 2.05) is 0 Å². The Morgan fingerprint density at radius 3 is 2.57 bits per heavy atom. The monoisotopic (exact) mass is 191 g/mol. The third kappa shape index (κ3) is 1.05. The van der Waals surface area contributed by atoms with Crippen molar-refractivity contribution in [3.63, 3.8) is 0 Å². The minimum atomic E-state index is 0.839. The lowest BCUT2D eigenvalue weighted by Crippen LogP contribution is -2.33. The molecule has 1 aliphatic heterocycles. The predicted octanol–water partition coefficient (Wildman–Crippen LogP) is 2.25. The molecule has 3 aliphatic rings. The normalized spacial score (nSPS) is 56.4. The molecule has 3 fully saturated rings. The van der Waals surface area contributed by atoms with E-state index >= 15 is 0 Å². The van der Waals surface area contributed by atoms with Gasteiger partial charge in [0.05, 0.1) is 0 Å². The van der Waals surface area contributed by atoms with Gasteiger partial charge < -0.3 is 4.90 Å². The molecule has 2 aliphatic carbocycles. The summed E-state index contributed by atoms with van der Waals surface area (Å²) in [5.74, 6) is 5.77. The van der Waals surface area contributed by atoms with Crippen LogP contribution < -0.4 is 0 Å². The maximum absolute atomic E-state index is 4.05. The largest absolute Gasteiger partial charge is 0.306 e. The van der Waals surface area contributed by atoms with Crippen molar-refractivity contribution < 1.29 is 0 Å². The van der Waals surface area contributed by atoms with Crippen molar-refractivity contribution in [2.24, 2.45) is 35.5 Å². The molecule has 6 unspecified atom stereocenters. The molecule has 0 aromatic rings. The van der Waals surface area contributed by atoms with Gasteiger partial charge in [0.15, 0.2) is 0 Å². The molecule has 0 aromatic heterocycles. The average Bonchev–Trinajstić information content (AvgIpc) is 2.84. The molecule has 0 aromatic carbocycles. The van der Waals surface area contributed by atoms with E-state index in [-0.39, 0.29) is 0 Å². The first-order valence-corrected chi connectivity index (χ1v) is 6.03. The highest BCUT2D eigenvalue weighted by Gasteiger charge is 2.57. The molecule has 0 radical (unpaired) electrons. The third-order valence-electron chi connectivity index (χ3n) is 5.10. The highest BCUT2D eigenvalue weighted by Crippen LogP contribution is 2.61. The molecule has 1 saturated heterocycles. The van der Waals surface area contributed by atoms with Gasteiger partial charge in [-0.25, -0.2) is 0 Å². The van der Waals surface area contributed by atoms with Gasteiger partial charge in [-0.3, -0.25) is 0 Å². The Hall–Kier alpha value is -0.300. The minimum absolute atomic E-state index is 0.839. The minimum Gasteiger partial charge on any atom is -0.306 e. The van der Waals surface area contributed by atoms with Crippen molar-refractivity contribution in [1.82, 2.24) is 4.90 Å². The fraction of sp³-hybridized carbons (Fsp3) is 0.846. The van der Waals surface area contributed by atoms with E-state index < -0.39 is 0 Å². The van der Waals surface area contributed by atoms with Crippen LogP contribution >= 0.6 is 0 Å². The number of hydrogen-bond donors (Lipinski definition) is 0. The Morgan fingerprint density at radius 2 is 1.86 bits per heavy atom. The Balaban J connectivity index is 1.88. The summed E-state index contributed by atoms with van der Waals surface area (Å²) in [6.07, 6.45) is 3.75. The Labute approximate surface area is 87.2 Å². The summed E-state index contributed by atoms with van der Waals surface area (Å²) in [5.41, 5.74) is 0. The van der Waals surface area contributed by atoms with Crippen LogP contribution in [-0.4, -0.2) is 25.0 Å². The van der Waals surface area contributed by atoms with Crippen molar-refractivity contribution in [2.75, 3.05) is 20.1 Å². The van der Waals surface area contributed by atoms with E-state index in [4.69, 9.17) is 0 Å². The van der Waals surface area contributed by atoms with E-state index in [2.05, 4.69) is 31.5 Å². The predicted molar refractivity (Wildman–Crippen MR) is 58.9 cm³/mol. The summed E-state index contributed by atoms with van der Waals surface area (Å²) in [5, 5.41) is 0. The fourth-order valence-corrected chi connectivity index (χ4v) is 4.30. The Bertz CT molecular complexity index is 260. The first-order chi connectivity index (χ1) is 6.72. The van der Waals surface area contributed by atoms with Crippen LogP contribution in [-0.2, 0) is 0 Å². The van der Waals surface area contributed by atoms with Gasteiger partial charge in [0.2, 0.25) is 0 Å². The van der Waals surface area contributed by atoms with Crippen molar-refractivity contribution in [3.05, 3.63) is 12.7 Å². The van der Waals surface area contributed by atoms with Gasteiger partial charge in [-0.05, 0) is 49.0 Å². The SMILES string of the molecule is C=CC1C2CC2C(C)C2CN(C)CC12. The molecule has 1 heterocycles. The molecular weight excluding hydrogens is 170 g/mol. The van der Waals surface area contributed by atoms with Crippen molar-refractivity contribution in [2.45, 2.75) is 13.3 Å². The van der Waals surface area contributed by atoms with E-state index in [9.17, 15) is 0 Å². The molecule has 0 bridgehead atoms. The van der Waals surface area contributed by atoms with Crippen LogP contribution in [0.2, 0.25) is 0 Å². The molecular formula is C13H21N. The van der Waals surface area contributed by atoms with Crippen molar-refractivity contribution in [1.29, 1.82) is 0 Å². The first kappa shape index (κ1) is 8.96. The third-order valence-corrected chi connectivity index (χ3v) is 5.10. The van der Waals surface area contributed by atoms with Crippen LogP contribution in [0.25, 0.3) is 0 Å². The van der Waals surface area contributed by atoms with Gasteiger partial charge in [0.25, 0.3) is 0 Å². The lowest BCUT2D eigenvalue weighted by atomic mass is 9.69. The molecule has 0 N–H and O–H groups in total. The van der Waals surface area contributed by atoms with Crippen LogP contribution in [0.4, 0.5) is 0 Å². The number of rotatable bonds is 1. The zero-order valence-electron chi connectivity index (χ0n) is 9.32. The zero-order chi connectivity index (χ0) is 9.87. The van der Waals surface area contributed by atoms with E-state index in [0.29, 0.717) is 0 Å². The number of fused-ring (bicyclic) bond motifs is 2. The second-order valence-corrected chi connectivity index (χ2v) is 5.78. The molecule has 2 saturated carbocycles. The lowest BCUT2D eigenvalue weighted by Gasteiger charge is -2.35. The molecule has 6 atom stereocenters. The van der Waals surface area contributed by atoms with Gasteiger partial charge >= 0.3 is 0 Å². The molecule has 78 valence electrons. The maximum atomic E-state index is 4.05. The van der Waals surface area contributed by atoms with Crippen LogP contribution in [0.3, 0.4) is 0 Å². The van der Waals surface area contributed by atoms with Crippen LogP contribution in [0.1, 0.15) is 13.3 Å². The summed E-state index contributed by atoms with van der Waals surface area (Å²) in [6.45, 7) is 9.19. The van der Waals surface area contributed by atoms with E-state index in [0.717, 1.165) is 35.5 Å². The number of hydrogen-bond acceptors (Lipinski definition) is 1. The summed E-state index contributed by atoms with van der Waals surface area (Å²) >= 11 is 0. The Morgan fingerprint density at radius 1 is 1.14 bits per heavy atom. The molecule has 3 rings (SSSR count). The Kier molecular flexibility index (Phi) is 1.82. The highest BCUT2D eigenvalue weighted by atomic mass is 15.1. The van der Waals surface area contributed by atoms with Gasteiger partial charge in [-0.2, -0.15) is 0 Å². The molecule has 1 nitrogen and oxygen atoms in total. The molecule has 14 heavy (non-hydrogen) atoms. The topological polar surface area (TPSA) is 3.24 Å². The number of likely N-dealkylation sites (tertiary alicyclic amines) is 1. The van der Waals surface area contributed by atoms with Gasteiger partial charge in [0.1, 0.15) is 0 Å². The van der Waals surface area contributed by atoms with Crippen molar-refractivity contribution in [3.8, 4) is 0 Å². The summed E-state index contributed by atoms with van der Waals surface area (Å²) in [4.78, 5) is 2.52. The van der Waals surface area contributed by atoms with Gasteiger partial charge in [0, 0.05) is 13.1 Å². The van der Waals surface area contributed by atoms with Crippen molar-refractivity contribution >= 4 is 0 Å². The standard InChI is InChI=1S/C13H21N/c1-4-9-11-5-10(11)8(2)12-6-14(3)7-13(9)12/h4,8-13H,1,5-7H2,2-3H3. The summed E-state index contributed by atoms with van der Waals surface area (Å²) in [7, 11) is 2.27. The van der Waals surface area contributed by atoms with Crippen LogP contribution in [0.15, 0.2) is 12.7 Å². The van der Waals surface area contributed by atoms with Crippen LogP contribution in [0, 0.1) is 35.5 Å². The quantitative estimate of drug-likeness (QED) is 0.575. The van der Waals surface area contributed by atoms with Crippen LogP contribution in [0.5, 0.6) is 0 Å². The summed E-state index contributed by atoms with van der Waals surface area (Å²) in [6, 6.07) is 0. The first-order valence-electron chi connectivity index (χ1n) is 6.03. The van der Waals surface area contributed by atoms with Gasteiger partial charge in [-0.1, -0.05) is 13.0 Å². The smallest absolute Gasteiger partial charge is 0.00157 e. The molecule has 0 spiro atoms. The molecule has 1 heteroatoms. The second-order valence-electron chi connectivity index (χ2n) is 5.78. The second kappa shape index (κ2) is 2.85. The number of nitrogens with zero attached hydrogens (tertiary/aromatic N) is 1.